The molecule has 1 aromatic heterocycles. The monoisotopic (exact) mass is 487 g/mol. The minimum absolute atomic E-state index is 0.0476. The topological polar surface area (TPSA) is 101 Å². The van der Waals surface area contributed by atoms with Crippen LogP contribution >= 0.6 is 0 Å². The summed E-state index contributed by atoms with van der Waals surface area (Å²) < 4.78 is 51.5. The summed E-state index contributed by atoms with van der Waals surface area (Å²) in [5.74, 6) is -1.38. The molecule has 0 fully saturated rings. The van der Waals surface area contributed by atoms with Crippen LogP contribution in [0.4, 0.5) is 30.2 Å². The molecule has 1 aliphatic rings. The van der Waals surface area contributed by atoms with Crippen LogP contribution in [0.3, 0.4) is 0 Å². The highest BCUT2D eigenvalue weighted by Gasteiger charge is 2.35. The molecule has 8 nitrogen and oxygen atoms in total. The molecule has 3 amide bonds. The van der Waals surface area contributed by atoms with Gasteiger partial charge in [0.25, 0.3) is 11.8 Å². The van der Waals surface area contributed by atoms with Crippen LogP contribution in [0, 0.1) is 0 Å². The van der Waals surface area contributed by atoms with E-state index in [0.717, 1.165) is 12.1 Å². The summed E-state index contributed by atoms with van der Waals surface area (Å²) in [6, 6.07) is 12.6. The van der Waals surface area contributed by atoms with Crippen molar-refractivity contribution >= 4 is 34.8 Å². The first kappa shape index (κ1) is 23.9. The van der Waals surface area contributed by atoms with E-state index >= 15 is 0 Å². The van der Waals surface area contributed by atoms with E-state index in [1.54, 1.807) is 31.2 Å². The number of nitrogens with one attached hydrogen (secondary N) is 2. The van der Waals surface area contributed by atoms with Crippen molar-refractivity contribution in [3.8, 4) is 5.75 Å². The number of anilines is 3. The highest BCUT2D eigenvalue weighted by atomic mass is 19.4. The molecule has 182 valence electrons. The lowest BCUT2D eigenvalue weighted by Crippen LogP contribution is -2.45. The normalized spacial score (nSPS) is 15.3. The highest BCUT2D eigenvalue weighted by molar-refractivity contribution is 6.03. The fraction of sp³-hybridized carbons (Fsp3) is 0.208. The number of benzene rings is 2. The van der Waals surface area contributed by atoms with Crippen molar-refractivity contribution in [2.45, 2.75) is 25.6 Å². The Morgan fingerprint density at radius 1 is 1.06 bits per heavy atom. The predicted octanol–water partition coefficient (Wildman–Crippen LogP) is 4.69. The summed E-state index contributed by atoms with van der Waals surface area (Å²) in [7, 11) is 0. The smallest absolute Gasteiger partial charge is 0.418 e. The van der Waals surface area contributed by atoms with Crippen LogP contribution in [0.15, 0.2) is 65.3 Å². The Morgan fingerprint density at radius 2 is 1.83 bits per heavy atom. The van der Waals surface area contributed by atoms with Crippen LogP contribution in [0.5, 0.6) is 5.75 Å². The molecule has 35 heavy (non-hydrogen) atoms. The van der Waals surface area contributed by atoms with Gasteiger partial charge in [-0.15, -0.1) is 0 Å². The molecule has 3 aromatic rings. The minimum atomic E-state index is -4.80. The number of furan rings is 1. The van der Waals surface area contributed by atoms with Crippen LogP contribution in [0.1, 0.15) is 29.5 Å². The standard InChI is InChI=1S/C24H20F3N3O5/c1-14-23(33)30(18-5-2-3-6-19(18)35-14)11-10-21(31)29-17-9-8-15(13-16(17)24(25,26)27)28-22(32)20-7-4-12-34-20/h2-9,12-14H,10-11H2,1H3,(H,28,32)(H,29,31)/t14-/m1/s1. The Kier molecular flexibility index (Phi) is 6.50. The second kappa shape index (κ2) is 9.53. The fourth-order valence-corrected chi connectivity index (χ4v) is 3.58. The Morgan fingerprint density at radius 3 is 2.54 bits per heavy atom. The third-order valence-electron chi connectivity index (χ3n) is 5.24. The van der Waals surface area contributed by atoms with E-state index in [-0.39, 0.29) is 30.3 Å². The Labute approximate surface area is 197 Å². The van der Waals surface area contributed by atoms with Gasteiger partial charge < -0.3 is 24.7 Å². The summed E-state index contributed by atoms with van der Waals surface area (Å²) in [6.07, 6.45) is -4.55. The third-order valence-corrected chi connectivity index (χ3v) is 5.24. The molecule has 2 aromatic carbocycles. The van der Waals surface area contributed by atoms with Gasteiger partial charge >= 0.3 is 6.18 Å². The quantitative estimate of drug-likeness (QED) is 0.525. The maximum atomic E-state index is 13.7. The zero-order chi connectivity index (χ0) is 25.2. The number of alkyl halides is 3. The summed E-state index contributed by atoms with van der Waals surface area (Å²) in [6.45, 7) is 1.53. The molecule has 4 rings (SSSR count). The van der Waals surface area contributed by atoms with Gasteiger partial charge in [-0.2, -0.15) is 13.2 Å². The number of carbonyl (C=O) groups excluding carboxylic acids is 3. The molecule has 1 atom stereocenters. The maximum Gasteiger partial charge on any atom is 0.418 e. The molecule has 1 aliphatic heterocycles. The maximum absolute atomic E-state index is 13.7. The van der Waals surface area contributed by atoms with Crippen LogP contribution in [0.2, 0.25) is 0 Å². The Balaban J connectivity index is 1.47. The molecule has 0 radical (unpaired) electrons. The van der Waals surface area contributed by atoms with Gasteiger partial charge in [-0.1, -0.05) is 12.1 Å². The number of carbonyl (C=O) groups is 3. The van der Waals surface area contributed by atoms with E-state index in [4.69, 9.17) is 9.15 Å². The SMILES string of the molecule is C[C@H]1Oc2ccccc2N(CCC(=O)Nc2ccc(NC(=O)c3ccco3)cc2C(F)(F)F)C1=O. The summed E-state index contributed by atoms with van der Waals surface area (Å²) in [5, 5.41) is 4.58. The minimum Gasteiger partial charge on any atom is -0.479 e. The van der Waals surface area contributed by atoms with Crippen LogP contribution in [0.25, 0.3) is 0 Å². The van der Waals surface area contributed by atoms with Gasteiger partial charge in [-0.3, -0.25) is 14.4 Å². The number of fused-ring (bicyclic) bond motifs is 1. The molecule has 0 saturated heterocycles. The molecule has 0 spiro atoms. The predicted molar refractivity (Wildman–Crippen MR) is 120 cm³/mol. The first-order valence-corrected chi connectivity index (χ1v) is 10.6. The molecular formula is C24H20F3N3O5. The number of nitrogens with zero attached hydrogens (tertiary/aromatic N) is 1. The Bertz CT molecular complexity index is 1260. The number of hydrogen-bond donors (Lipinski definition) is 2. The lowest BCUT2D eigenvalue weighted by Gasteiger charge is -2.32. The molecule has 0 aliphatic carbocycles. The highest BCUT2D eigenvalue weighted by Crippen LogP contribution is 2.37. The van der Waals surface area contributed by atoms with Crippen molar-refractivity contribution in [1.29, 1.82) is 0 Å². The fourth-order valence-electron chi connectivity index (χ4n) is 3.58. The second-order valence-electron chi connectivity index (χ2n) is 7.71. The number of amides is 3. The van der Waals surface area contributed by atoms with Gasteiger partial charge in [-0.25, -0.2) is 0 Å². The van der Waals surface area contributed by atoms with E-state index in [9.17, 15) is 27.6 Å². The number of para-hydroxylation sites is 2. The van der Waals surface area contributed by atoms with Crippen LogP contribution in [-0.4, -0.2) is 30.4 Å². The van der Waals surface area contributed by atoms with E-state index in [1.165, 1.54) is 29.4 Å². The lowest BCUT2D eigenvalue weighted by atomic mass is 10.1. The number of hydrogen-bond acceptors (Lipinski definition) is 5. The molecule has 11 heteroatoms. The average Bonchev–Trinajstić information content (AvgIpc) is 3.35. The molecular weight excluding hydrogens is 467 g/mol. The first-order valence-electron chi connectivity index (χ1n) is 10.6. The van der Waals surface area contributed by atoms with Gasteiger partial charge in [0.1, 0.15) is 5.75 Å². The van der Waals surface area contributed by atoms with Crippen molar-refractivity contribution in [2.24, 2.45) is 0 Å². The van der Waals surface area contributed by atoms with Gasteiger partial charge in [0.05, 0.1) is 23.2 Å². The summed E-state index contributed by atoms with van der Waals surface area (Å²) in [5.41, 5.74) is -1.25. The number of ether oxygens (including phenoxy) is 1. The van der Waals surface area contributed by atoms with Gasteiger partial charge in [-0.05, 0) is 49.4 Å². The molecule has 2 N–H and O–H groups in total. The van der Waals surface area contributed by atoms with E-state index in [1.807, 2.05) is 0 Å². The van der Waals surface area contributed by atoms with Crippen LogP contribution < -0.4 is 20.3 Å². The lowest BCUT2D eigenvalue weighted by molar-refractivity contribution is -0.137. The van der Waals surface area contributed by atoms with E-state index < -0.39 is 35.3 Å². The van der Waals surface area contributed by atoms with Gasteiger partial charge in [0.2, 0.25) is 5.91 Å². The zero-order valence-electron chi connectivity index (χ0n) is 18.4. The van der Waals surface area contributed by atoms with Crippen molar-refractivity contribution in [3.63, 3.8) is 0 Å². The average molecular weight is 487 g/mol. The molecule has 0 saturated carbocycles. The largest absolute Gasteiger partial charge is 0.479 e. The van der Waals surface area contributed by atoms with E-state index in [0.29, 0.717) is 11.4 Å². The van der Waals surface area contributed by atoms with Crippen molar-refractivity contribution in [3.05, 3.63) is 72.2 Å². The van der Waals surface area contributed by atoms with Crippen molar-refractivity contribution in [2.75, 3.05) is 22.1 Å². The summed E-state index contributed by atoms with van der Waals surface area (Å²) >= 11 is 0. The summed E-state index contributed by atoms with van der Waals surface area (Å²) in [4.78, 5) is 38.5. The molecule has 2 heterocycles. The Hall–Kier alpha value is -4.28. The van der Waals surface area contributed by atoms with Crippen molar-refractivity contribution in [1.82, 2.24) is 0 Å². The second-order valence-corrected chi connectivity index (χ2v) is 7.71. The zero-order valence-corrected chi connectivity index (χ0v) is 18.4. The molecule has 0 unspecified atom stereocenters. The van der Waals surface area contributed by atoms with Gasteiger partial charge in [0.15, 0.2) is 11.9 Å². The van der Waals surface area contributed by atoms with Crippen LogP contribution in [-0.2, 0) is 15.8 Å². The third kappa shape index (κ3) is 5.29. The molecule has 0 bridgehead atoms. The first-order chi connectivity index (χ1) is 16.6. The van der Waals surface area contributed by atoms with Crippen molar-refractivity contribution < 1.29 is 36.7 Å². The number of halogens is 3. The van der Waals surface area contributed by atoms with Gasteiger partial charge in [0, 0.05) is 18.7 Å². The number of rotatable bonds is 6. The van der Waals surface area contributed by atoms with E-state index in [2.05, 4.69) is 10.6 Å².